The Hall–Kier alpha value is -1.07. The molecule has 0 spiro atoms. The topological polar surface area (TPSA) is 58.2 Å². The molecular weight excluding hydrogens is 248 g/mol. The highest BCUT2D eigenvalue weighted by molar-refractivity contribution is 7.89. The van der Waals surface area contributed by atoms with Crippen LogP contribution in [0.5, 0.6) is 0 Å². The van der Waals surface area contributed by atoms with E-state index in [2.05, 4.69) is 17.0 Å². The summed E-state index contributed by atoms with van der Waals surface area (Å²) in [7, 11) is -3.41. The largest absolute Gasteiger partial charge is 0.379 e. The Labute approximate surface area is 109 Å². The van der Waals surface area contributed by atoms with Crippen molar-refractivity contribution in [3.05, 3.63) is 24.3 Å². The zero-order valence-corrected chi connectivity index (χ0v) is 11.7. The molecule has 0 aromatic heterocycles. The normalized spacial score (nSPS) is 18.1. The predicted octanol–water partition coefficient (Wildman–Crippen LogP) is 2.34. The molecule has 1 aromatic carbocycles. The number of benzene rings is 1. The van der Waals surface area contributed by atoms with E-state index < -0.39 is 10.0 Å². The van der Waals surface area contributed by atoms with Crippen LogP contribution < -0.4 is 10.0 Å². The van der Waals surface area contributed by atoms with Crippen LogP contribution in [0.3, 0.4) is 0 Å². The molecule has 100 valence electrons. The molecule has 0 radical (unpaired) electrons. The van der Waals surface area contributed by atoms with E-state index >= 15 is 0 Å². The Morgan fingerprint density at radius 1 is 1.28 bits per heavy atom. The maximum absolute atomic E-state index is 12.1. The van der Waals surface area contributed by atoms with Gasteiger partial charge in [-0.15, -0.1) is 0 Å². The van der Waals surface area contributed by atoms with Crippen LogP contribution in [0.1, 0.15) is 33.1 Å². The molecule has 4 nitrogen and oxygen atoms in total. The third-order valence-electron chi connectivity index (χ3n) is 3.40. The van der Waals surface area contributed by atoms with Gasteiger partial charge in [0.1, 0.15) is 4.90 Å². The lowest BCUT2D eigenvalue weighted by atomic mass is 9.78. The molecule has 0 amide bonds. The lowest BCUT2D eigenvalue weighted by Crippen LogP contribution is -2.42. The van der Waals surface area contributed by atoms with Gasteiger partial charge in [-0.25, -0.2) is 13.1 Å². The maximum atomic E-state index is 12.1. The molecule has 1 fully saturated rings. The first-order valence-corrected chi connectivity index (χ1v) is 7.82. The molecule has 0 saturated heterocycles. The monoisotopic (exact) mass is 268 g/mol. The lowest BCUT2D eigenvalue weighted by molar-refractivity contribution is 0.306. The molecule has 1 aromatic rings. The number of anilines is 1. The summed E-state index contributed by atoms with van der Waals surface area (Å²) in [4.78, 5) is 0.333. The SMILES string of the molecule is CCNS(=O)(=O)c1ccccc1NC1(C)CCC1. The van der Waals surface area contributed by atoms with Gasteiger partial charge in [0.2, 0.25) is 10.0 Å². The first-order chi connectivity index (χ1) is 8.47. The molecule has 0 bridgehead atoms. The fourth-order valence-electron chi connectivity index (χ4n) is 2.23. The molecule has 5 heteroatoms. The quantitative estimate of drug-likeness (QED) is 0.861. The Balaban J connectivity index is 2.31. The highest BCUT2D eigenvalue weighted by Gasteiger charge is 2.32. The minimum atomic E-state index is -3.41. The summed E-state index contributed by atoms with van der Waals surface area (Å²) >= 11 is 0. The van der Waals surface area contributed by atoms with Crippen LogP contribution in [0.4, 0.5) is 5.69 Å². The molecule has 1 aliphatic carbocycles. The van der Waals surface area contributed by atoms with Crippen molar-refractivity contribution in [2.45, 2.75) is 43.5 Å². The number of rotatable bonds is 5. The Morgan fingerprint density at radius 3 is 2.50 bits per heavy atom. The molecule has 1 aliphatic rings. The summed E-state index contributed by atoms with van der Waals surface area (Å²) in [6.45, 7) is 4.31. The number of para-hydroxylation sites is 1. The average molecular weight is 268 g/mol. The molecule has 0 unspecified atom stereocenters. The smallest absolute Gasteiger partial charge is 0.242 e. The molecule has 0 aliphatic heterocycles. The minimum absolute atomic E-state index is 0.0395. The first-order valence-electron chi connectivity index (χ1n) is 6.34. The van der Waals surface area contributed by atoms with Gasteiger partial charge in [-0.1, -0.05) is 19.1 Å². The lowest BCUT2D eigenvalue weighted by Gasteiger charge is -2.40. The van der Waals surface area contributed by atoms with Crippen molar-refractivity contribution in [1.82, 2.24) is 4.72 Å². The van der Waals surface area contributed by atoms with Gasteiger partial charge in [-0.2, -0.15) is 0 Å². The summed E-state index contributed by atoms with van der Waals surface area (Å²) in [5, 5.41) is 3.37. The summed E-state index contributed by atoms with van der Waals surface area (Å²) in [6.07, 6.45) is 3.37. The highest BCUT2D eigenvalue weighted by Crippen LogP contribution is 2.36. The Bertz CT molecular complexity index is 522. The molecule has 18 heavy (non-hydrogen) atoms. The van der Waals surface area contributed by atoms with Crippen LogP contribution in [0, 0.1) is 0 Å². The maximum Gasteiger partial charge on any atom is 0.242 e. The molecule has 2 rings (SSSR count). The fourth-order valence-corrected chi connectivity index (χ4v) is 3.43. The van der Waals surface area contributed by atoms with Crippen LogP contribution in [-0.2, 0) is 10.0 Å². The second-order valence-electron chi connectivity index (χ2n) is 5.04. The van der Waals surface area contributed by atoms with Gasteiger partial charge in [0.15, 0.2) is 0 Å². The van der Waals surface area contributed by atoms with E-state index in [-0.39, 0.29) is 5.54 Å². The van der Waals surface area contributed by atoms with Gasteiger partial charge in [0, 0.05) is 12.1 Å². The summed E-state index contributed by atoms with van der Waals surface area (Å²) in [6, 6.07) is 7.07. The van der Waals surface area contributed by atoms with E-state index in [1.807, 2.05) is 12.1 Å². The van der Waals surface area contributed by atoms with E-state index in [0.717, 1.165) is 12.8 Å². The molecule has 0 atom stereocenters. The van der Waals surface area contributed by atoms with Crippen molar-refractivity contribution in [1.29, 1.82) is 0 Å². The molecular formula is C13H20N2O2S. The molecule has 0 heterocycles. The van der Waals surface area contributed by atoms with Gasteiger partial charge < -0.3 is 5.32 Å². The summed E-state index contributed by atoms with van der Waals surface area (Å²) in [5.74, 6) is 0. The Morgan fingerprint density at radius 2 is 1.94 bits per heavy atom. The van der Waals surface area contributed by atoms with Crippen molar-refractivity contribution in [3.8, 4) is 0 Å². The molecule has 1 saturated carbocycles. The Kier molecular flexibility index (Phi) is 3.64. The average Bonchev–Trinajstić information content (AvgIpc) is 2.27. The van der Waals surface area contributed by atoms with Gasteiger partial charge in [0.25, 0.3) is 0 Å². The summed E-state index contributed by atoms with van der Waals surface area (Å²) in [5.41, 5.74) is 0.735. The van der Waals surface area contributed by atoms with Crippen molar-refractivity contribution < 1.29 is 8.42 Å². The van der Waals surface area contributed by atoms with Crippen molar-refractivity contribution >= 4 is 15.7 Å². The molecule has 2 N–H and O–H groups in total. The number of hydrogen-bond donors (Lipinski definition) is 2. The van der Waals surface area contributed by atoms with Crippen molar-refractivity contribution in [2.75, 3.05) is 11.9 Å². The van der Waals surface area contributed by atoms with Crippen LogP contribution in [0.2, 0.25) is 0 Å². The second kappa shape index (κ2) is 4.90. The van der Waals surface area contributed by atoms with Crippen LogP contribution >= 0.6 is 0 Å². The van der Waals surface area contributed by atoms with E-state index in [4.69, 9.17) is 0 Å². The minimum Gasteiger partial charge on any atom is -0.379 e. The van der Waals surface area contributed by atoms with Crippen molar-refractivity contribution in [2.24, 2.45) is 0 Å². The van der Waals surface area contributed by atoms with Crippen LogP contribution in [-0.4, -0.2) is 20.5 Å². The van der Waals surface area contributed by atoms with Crippen LogP contribution in [0.25, 0.3) is 0 Å². The van der Waals surface area contributed by atoms with Gasteiger partial charge in [0.05, 0.1) is 5.69 Å². The summed E-state index contributed by atoms with van der Waals surface area (Å²) < 4.78 is 26.7. The van der Waals surface area contributed by atoms with E-state index in [1.54, 1.807) is 19.1 Å². The third kappa shape index (κ3) is 2.67. The predicted molar refractivity (Wildman–Crippen MR) is 73.2 cm³/mol. The van der Waals surface area contributed by atoms with E-state index in [9.17, 15) is 8.42 Å². The zero-order valence-electron chi connectivity index (χ0n) is 10.9. The fraction of sp³-hybridized carbons (Fsp3) is 0.538. The highest BCUT2D eigenvalue weighted by atomic mass is 32.2. The first kappa shape index (κ1) is 13.4. The standard InChI is InChI=1S/C13H20N2O2S/c1-3-14-18(16,17)12-8-5-4-7-11(12)15-13(2)9-6-10-13/h4-5,7-8,14-15H,3,6,9-10H2,1-2H3. The van der Waals surface area contributed by atoms with Gasteiger partial charge >= 0.3 is 0 Å². The van der Waals surface area contributed by atoms with E-state index in [1.165, 1.54) is 6.42 Å². The van der Waals surface area contributed by atoms with Gasteiger partial charge in [-0.05, 0) is 38.3 Å². The van der Waals surface area contributed by atoms with Gasteiger partial charge in [-0.3, -0.25) is 0 Å². The second-order valence-corrected chi connectivity index (χ2v) is 6.77. The number of hydrogen-bond acceptors (Lipinski definition) is 3. The van der Waals surface area contributed by atoms with Crippen LogP contribution in [0.15, 0.2) is 29.2 Å². The number of nitrogens with one attached hydrogen (secondary N) is 2. The zero-order chi connectivity index (χ0) is 13.2. The third-order valence-corrected chi connectivity index (χ3v) is 5.01. The van der Waals surface area contributed by atoms with Crippen molar-refractivity contribution in [3.63, 3.8) is 0 Å². The number of sulfonamides is 1. The van der Waals surface area contributed by atoms with E-state index in [0.29, 0.717) is 17.1 Å².